The molecule has 8 nitrogen and oxygen atoms in total. The first kappa shape index (κ1) is 26.7. The fourth-order valence-electron chi connectivity index (χ4n) is 5.61. The number of aromatic nitrogens is 1. The topological polar surface area (TPSA) is 107 Å². The van der Waals surface area contributed by atoms with E-state index in [1.54, 1.807) is 4.90 Å². The van der Waals surface area contributed by atoms with Gasteiger partial charge in [0.15, 0.2) is 5.78 Å². The number of ether oxygens (including phenoxy) is 1. The van der Waals surface area contributed by atoms with E-state index in [-0.39, 0.29) is 53.2 Å². The average molecular weight is 584 g/mol. The maximum absolute atomic E-state index is 13.7. The molecule has 2 aliphatic heterocycles. The van der Waals surface area contributed by atoms with Crippen molar-refractivity contribution in [3.63, 3.8) is 0 Å². The summed E-state index contributed by atoms with van der Waals surface area (Å²) in [5.74, 6) is 0.669. The van der Waals surface area contributed by atoms with Gasteiger partial charge in [-0.2, -0.15) is 0 Å². The number of anilines is 1. The van der Waals surface area contributed by atoms with Crippen LogP contribution in [0, 0.1) is 5.41 Å². The van der Waals surface area contributed by atoms with Gasteiger partial charge in [0.05, 0.1) is 24.7 Å². The Morgan fingerprint density at radius 1 is 1.16 bits per heavy atom. The second-order valence-electron chi connectivity index (χ2n) is 12.0. The Hall–Kier alpha value is -2.94. The van der Waals surface area contributed by atoms with Gasteiger partial charge in [0.1, 0.15) is 23.9 Å². The lowest BCUT2D eigenvalue weighted by molar-refractivity contribution is -0.137. The van der Waals surface area contributed by atoms with Crippen LogP contribution in [-0.2, 0) is 16.8 Å². The number of carboxylic acids is 1. The minimum atomic E-state index is -0.850. The van der Waals surface area contributed by atoms with Crippen molar-refractivity contribution in [2.75, 3.05) is 18.1 Å². The van der Waals surface area contributed by atoms with Crippen LogP contribution in [-0.4, -0.2) is 57.8 Å². The van der Waals surface area contributed by atoms with Crippen LogP contribution in [0.4, 0.5) is 5.69 Å². The number of hydrogen-bond donors (Lipinski definition) is 2. The standard InChI is InChI=1S/C29H34N4O4.BrH/c1-29(2,3)21-10-18(11-23-27(21)37-15-20(12-25(35)36)33(23)19-7-8-19)24(34)14-32-13-17-6-9-22(16-4-5-16)31-26(17)28(32)30;/h6,9-11,16,19-20,30H,4-5,7-8,12-15H2,1-3H3,(H,35,36);1H. The van der Waals surface area contributed by atoms with Crippen molar-refractivity contribution in [2.45, 2.75) is 82.8 Å². The van der Waals surface area contributed by atoms with Crippen molar-refractivity contribution in [3.05, 3.63) is 52.3 Å². The quantitative estimate of drug-likeness (QED) is 0.439. The van der Waals surface area contributed by atoms with Crippen molar-refractivity contribution in [2.24, 2.45) is 0 Å². The lowest BCUT2D eigenvalue weighted by Crippen LogP contribution is -2.46. The number of benzene rings is 1. The summed E-state index contributed by atoms with van der Waals surface area (Å²) in [6.45, 7) is 7.22. The fraction of sp³-hybridized carbons (Fsp3) is 0.517. The highest BCUT2D eigenvalue weighted by molar-refractivity contribution is 8.93. The number of rotatable bonds is 7. The number of fused-ring (bicyclic) bond motifs is 2. The van der Waals surface area contributed by atoms with Crippen LogP contribution in [0.5, 0.6) is 5.75 Å². The van der Waals surface area contributed by atoms with Crippen molar-refractivity contribution < 1.29 is 19.4 Å². The molecule has 2 saturated carbocycles. The zero-order valence-corrected chi connectivity index (χ0v) is 23.8. The van der Waals surface area contributed by atoms with Gasteiger partial charge in [0, 0.05) is 40.9 Å². The molecule has 6 rings (SSSR count). The van der Waals surface area contributed by atoms with Crippen molar-refractivity contribution >= 4 is 40.3 Å². The first-order valence-corrected chi connectivity index (χ1v) is 13.3. The molecule has 2 N–H and O–H groups in total. The molecule has 0 saturated heterocycles. The maximum Gasteiger partial charge on any atom is 0.305 e. The molecule has 38 heavy (non-hydrogen) atoms. The molecule has 0 bridgehead atoms. The van der Waals surface area contributed by atoms with Gasteiger partial charge in [-0.15, -0.1) is 17.0 Å². The number of halogens is 1. The summed E-state index contributed by atoms with van der Waals surface area (Å²) in [6, 6.07) is 7.95. The van der Waals surface area contributed by atoms with E-state index in [0.717, 1.165) is 53.9 Å². The number of pyridine rings is 1. The highest BCUT2D eigenvalue weighted by Crippen LogP contribution is 2.47. The van der Waals surface area contributed by atoms with E-state index in [9.17, 15) is 14.7 Å². The molecule has 0 radical (unpaired) electrons. The van der Waals surface area contributed by atoms with Crippen molar-refractivity contribution in [1.29, 1.82) is 5.41 Å². The van der Waals surface area contributed by atoms with E-state index in [1.165, 1.54) is 0 Å². The van der Waals surface area contributed by atoms with Gasteiger partial charge in [0.2, 0.25) is 0 Å². The molecule has 2 fully saturated rings. The molecule has 0 amide bonds. The van der Waals surface area contributed by atoms with Gasteiger partial charge >= 0.3 is 5.97 Å². The SMILES string of the molecule is Br.CC(C)(C)c1cc(C(=O)CN2Cc3ccc(C4CC4)nc3C2=N)cc2c1OCC(CC(=O)O)N2C1CC1. The highest BCUT2D eigenvalue weighted by atomic mass is 79.9. The summed E-state index contributed by atoms with van der Waals surface area (Å²) in [5, 5.41) is 18.2. The third-order valence-corrected chi connectivity index (χ3v) is 7.87. The Balaban J connectivity index is 0.00000294. The van der Waals surface area contributed by atoms with E-state index < -0.39 is 5.97 Å². The van der Waals surface area contributed by atoms with Gasteiger partial charge in [-0.3, -0.25) is 15.0 Å². The molecular formula is C29H35BrN4O4. The minimum Gasteiger partial charge on any atom is -0.489 e. The van der Waals surface area contributed by atoms with Gasteiger partial charge in [-0.05, 0) is 49.3 Å². The number of hydrogen-bond acceptors (Lipinski definition) is 6. The normalized spacial score (nSPS) is 20.4. The maximum atomic E-state index is 13.7. The number of carbonyl (C=O) groups excluding carboxylic acids is 1. The van der Waals surface area contributed by atoms with Crippen LogP contribution in [0.15, 0.2) is 24.3 Å². The Bertz CT molecular complexity index is 1310. The van der Waals surface area contributed by atoms with Crippen LogP contribution in [0.1, 0.15) is 91.7 Å². The molecule has 1 aromatic heterocycles. The fourth-order valence-corrected chi connectivity index (χ4v) is 5.61. The van der Waals surface area contributed by atoms with Crippen LogP contribution in [0.3, 0.4) is 0 Å². The molecule has 4 aliphatic rings. The third kappa shape index (κ3) is 4.93. The molecule has 2 aliphatic carbocycles. The van der Waals surface area contributed by atoms with E-state index in [1.807, 2.05) is 12.1 Å². The summed E-state index contributed by atoms with van der Waals surface area (Å²) >= 11 is 0. The van der Waals surface area contributed by atoms with Gasteiger partial charge < -0.3 is 19.6 Å². The Morgan fingerprint density at radius 2 is 1.89 bits per heavy atom. The molecule has 1 aromatic carbocycles. The van der Waals surface area contributed by atoms with E-state index >= 15 is 0 Å². The lowest BCUT2D eigenvalue weighted by Gasteiger charge is -2.40. The van der Waals surface area contributed by atoms with Crippen molar-refractivity contribution in [3.8, 4) is 5.75 Å². The number of ketones is 1. The summed E-state index contributed by atoms with van der Waals surface area (Å²) in [4.78, 5) is 34.0. The number of carboxylic acid groups (broad SMARTS) is 1. The molecule has 0 spiro atoms. The molecule has 202 valence electrons. The predicted molar refractivity (Wildman–Crippen MR) is 150 cm³/mol. The van der Waals surface area contributed by atoms with Crippen LogP contribution in [0.25, 0.3) is 0 Å². The molecule has 2 aromatic rings. The zero-order chi connectivity index (χ0) is 26.1. The first-order valence-electron chi connectivity index (χ1n) is 13.3. The summed E-state index contributed by atoms with van der Waals surface area (Å²) in [7, 11) is 0. The number of amidine groups is 1. The third-order valence-electron chi connectivity index (χ3n) is 7.87. The largest absolute Gasteiger partial charge is 0.489 e. The van der Waals surface area contributed by atoms with Gasteiger partial charge in [-0.25, -0.2) is 4.98 Å². The number of carbonyl (C=O) groups is 2. The minimum absolute atomic E-state index is 0. The Kier molecular flexibility index (Phi) is 6.78. The van der Waals surface area contributed by atoms with Gasteiger partial charge in [0.25, 0.3) is 0 Å². The number of Topliss-reactive ketones (excluding diaryl/α,β-unsaturated/α-hetero) is 1. The lowest BCUT2D eigenvalue weighted by atomic mass is 9.83. The van der Waals surface area contributed by atoms with Crippen molar-refractivity contribution in [1.82, 2.24) is 9.88 Å². The second-order valence-corrected chi connectivity index (χ2v) is 12.0. The molecule has 1 atom stereocenters. The Morgan fingerprint density at radius 3 is 2.53 bits per heavy atom. The number of nitrogens with one attached hydrogen (secondary N) is 1. The van der Waals surface area contributed by atoms with E-state index in [2.05, 4.69) is 37.8 Å². The Labute approximate surface area is 233 Å². The summed E-state index contributed by atoms with van der Waals surface area (Å²) < 4.78 is 6.20. The number of nitrogens with zero attached hydrogens (tertiary/aromatic N) is 3. The summed E-state index contributed by atoms with van der Waals surface area (Å²) in [5.41, 5.74) is 4.82. The van der Waals surface area contributed by atoms with Crippen LogP contribution >= 0.6 is 17.0 Å². The predicted octanol–water partition coefficient (Wildman–Crippen LogP) is 5.06. The highest BCUT2D eigenvalue weighted by Gasteiger charge is 2.41. The zero-order valence-electron chi connectivity index (χ0n) is 22.1. The molecule has 9 heteroatoms. The second kappa shape index (κ2) is 9.67. The first-order chi connectivity index (χ1) is 17.6. The average Bonchev–Trinajstić information content (AvgIpc) is 3.76. The van der Waals surface area contributed by atoms with Gasteiger partial charge in [-0.1, -0.05) is 26.8 Å². The molecule has 3 heterocycles. The molecule has 1 unspecified atom stereocenters. The number of aliphatic carboxylic acids is 1. The molecular weight excluding hydrogens is 548 g/mol. The van der Waals surface area contributed by atoms with E-state index in [0.29, 0.717) is 36.2 Å². The van der Waals surface area contributed by atoms with Crippen LogP contribution < -0.4 is 9.64 Å². The van der Waals surface area contributed by atoms with E-state index in [4.69, 9.17) is 15.1 Å². The summed E-state index contributed by atoms with van der Waals surface area (Å²) in [6.07, 6.45) is 4.34. The smallest absolute Gasteiger partial charge is 0.305 e. The monoisotopic (exact) mass is 582 g/mol. The van der Waals surface area contributed by atoms with Crippen LogP contribution in [0.2, 0.25) is 0 Å².